The quantitative estimate of drug-likeness (QED) is 0.920. The standard InChI is InChI=1S/C17H24N2O2S/c1-17(2,3)21-16(20)18-14(15-19(4)10-11-22-15)12-13-8-6-5-7-9-13/h5-11,14-15H,12H2,1-4H3,(H,18,20). The van der Waals surface area contributed by atoms with Crippen LogP contribution in [-0.4, -0.2) is 35.1 Å². The fourth-order valence-corrected chi connectivity index (χ4v) is 3.36. The molecule has 22 heavy (non-hydrogen) atoms. The average molecular weight is 320 g/mol. The van der Waals surface area contributed by atoms with E-state index in [2.05, 4.69) is 27.8 Å². The second kappa shape index (κ2) is 7.09. The Morgan fingerprint density at radius 3 is 2.59 bits per heavy atom. The summed E-state index contributed by atoms with van der Waals surface area (Å²) in [5, 5.41) is 5.26. The molecule has 1 aliphatic heterocycles. The van der Waals surface area contributed by atoms with E-state index in [0.717, 1.165) is 6.42 Å². The van der Waals surface area contributed by atoms with E-state index >= 15 is 0 Å². The summed E-state index contributed by atoms with van der Waals surface area (Å²) in [6.45, 7) is 5.62. The fraction of sp³-hybridized carbons (Fsp3) is 0.471. The summed E-state index contributed by atoms with van der Waals surface area (Å²) in [6.07, 6.45) is 2.43. The van der Waals surface area contributed by atoms with Gasteiger partial charge in [-0.1, -0.05) is 30.3 Å². The van der Waals surface area contributed by atoms with Crippen molar-refractivity contribution in [2.24, 2.45) is 0 Å². The SMILES string of the molecule is CN1C=CSC1C(Cc1ccccc1)NC(=O)OC(C)(C)C. The lowest BCUT2D eigenvalue weighted by Gasteiger charge is -2.31. The third-order valence-electron chi connectivity index (χ3n) is 3.26. The summed E-state index contributed by atoms with van der Waals surface area (Å²) < 4.78 is 5.40. The molecular weight excluding hydrogens is 296 g/mol. The van der Waals surface area contributed by atoms with Crippen molar-refractivity contribution in [1.82, 2.24) is 10.2 Å². The number of carbonyl (C=O) groups excluding carboxylic acids is 1. The molecule has 1 amide bonds. The van der Waals surface area contributed by atoms with Crippen LogP contribution in [0, 0.1) is 0 Å². The average Bonchev–Trinajstić information content (AvgIpc) is 2.83. The van der Waals surface area contributed by atoms with Gasteiger partial charge in [0.2, 0.25) is 0 Å². The van der Waals surface area contributed by atoms with Gasteiger partial charge in [0.05, 0.1) is 11.4 Å². The maximum Gasteiger partial charge on any atom is 0.407 e. The Kier molecular flexibility index (Phi) is 5.40. The molecule has 0 saturated heterocycles. The van der Waals surface area contributed by atoms with E-state index in [4.69, 9.17) is 4.74 Å². The van der Waals surface area contributed by atoms with Crippen molar-refractivity contribution in [1.29, 1.82) is 0 Å². The fourth-order valence-electron chi connectivity index (χ4n) is 2.32. The molecule has 0 radical (unpaired) electrons. The summed E-state index contributed by atoms with van der Waals surface area (Å²) in [5.74, 6) is 0. The highest BCUT2D eigenvalue weighted by atomic mass is 32.2. The topological polar surface area (TPSA) is 41.6 Å². The lowest BCUT2D eigenvalue weighted by molar-refractivity contribution is 0.0494. The summed E-state index contributed by atoms with van der Waals surface area (Å²) >= 11 is 1.71. The summed E-state index contributed by atoms with van der Waals surface area (Å²) in [4.78, 5) is 14.3. The summed E-state index contributed by atoms with van der Waals surface area (Å²) in [6, 6.07) is 10.2. The minimum Gasteiger partial charge on any atom is -0.444 e. The zero-order valence-electron chi connectivity index (χ0n) is 13.6. The molecule has 0 bridgehead atoms. The minimum atomic E-state index is -0.492. The normalized spacial score (nSPS) is 19.1. The summed E-state index contributed by atoms with van der Waals surface area (Å²) in [7, 11) is 2.02. The van der Waals surface area contributed by atoms with E-state index in [0.29, 0.717) is 0 Å². The second-order valence-electron chi connectivity index (χ2n) is 6.42. The number of nitrogens with one attached hydrogen (secondary N) is 1. The molecular formula is C17H24N2O2S. The predicted molar refractivity (Wildman–Crippen MR) is 91.6 cm³/mol. The Morgan fingerprint density at radius 2 is 2.05 bits per heavy atom. The molecule has 2 rings (SSSR count). The first-order valence-corrected chi connectivity index (χ1v) is 8.37. The molecule has 1 aliphatic rings. The molecule has 5 heteroatoms. The van der Waals surface area contributed by atoms with Gasteiger partial charge in [-0.05, 0) is 38.2 Å². The third-order valence-corrected chi connectivity index (χ3v) is 4.48. The van der Waals surface area contributed by atoms with Crippen molar-refractivity contribution >= 4 is 17.9 Å². The third kappa shape index (κ3) is 4.98. The van der Waals surface area contributed by atoms with E-state index < -0.39 is 5.60 Å². The number of hydrogen-bond acceptors (Lipinski definition) is 4. The van der Waals surface area contributed by atoms with Gasteiger partial charge in [0.25, 0.3) is 0 Å². The number of likely N-dealkylation sites (N-methyl/N-ethyl adjacent to an activating group) is 1. The Morgan fingerprint density at radius 1 is 1.36 bits per heavy atom. The highest BCUT2D eigenvalue weighted by Crippen LogP contribution is 2.28. The van der Waals surface area contributed by atoms with Gasteiger partial charge in [0.15, 0.2) is 0 Å². The second-order valence-corrected chi connectivity index (χ2v) is 7.45. The number of carbonyl (C=O) groups is 1. The van der Waals surface area contributed by atoms with Crippen LogP contribution in [0.1, 0.15) is 26.3 Å². The number of nitrogens with zero attached hydrogens (tertiary/aromatic N) is 1. The predicted octanol–water partition coefficient (Wildman–Crippen LogP) is 3.60. The number of hydrogen-bond donors (Lipinski definition) is 1. The van der Waals surface area contributed by atoms with E-state index in [9.17, 15) is 4.79 Å². The van der Waals surface area contributed by atoms with Gasteiger partial charge in [-0.2, -0.15) is 0 Å². The van der Waals surface area contributed by atoms with Crippen molar-refractivity contribution in [3.05, 3.63) is 47.5 Å². The van der Waals surface area contributed by atoms with Crippen LogP contribution in [0.25, 0.3) is 0 Å². The molecule has 1 aromatic carbocycles. The monoisotopic (exact) mass is 320 g/mol. The number of amides is 1. The van der Waals surface area contributed by atoms with E-state index in [1.54, 1.807) is 11.8 Å². The van der Waals surface area contributed by atoms with Crippen LogP contribution in [0.15, 0.2) is 41.9 Å². The first-order chi connectivity index (χ1) is 10.3. The zero-order valence-corrected chi connectivity index (χ0v) is 14.4. The first kappa shape index (κ1) is 16.7. The molecule has 1 aromatic rings. The number of benzene rings is 1. The number of rotatable bonds is 4. The Labute approximate surface area is 136 Å². The van der Waals surface area contributed by atoms with Crippen LogP contribution in [-0.2, 0) is 11.2 Å². The van der Waals surface area contributed by atoms with Gasteiger partial charge in [-0.15, -0.1) is 11.8 Å². The van der Waals surface area contributed by atoms with Gasteiger partial charge < -0.3 is 15.0 Å². The zero-order chi connectivity index (χ0) is 16.2. The molecule has 2 unspecified atom stereocenters. The van der Waals surface area contributed by atoms with Gasteiger partial charge in [-0.3, -0.25) is 0 Å². The van der Waals surface area contributed by atoms with Crippen LogP contribution in [0.5, 0.6) is 0 Å². The molecule has 1 heterocycles. The van der Waals surface area contributed by atoms with Gasteiger partial charge in [-0.25, -0.2) is 4.79 Å². The van der Waals surface area contributed by atoms with Crippen molar-refractivity contribution in [2.45, 2.75) is 44.2 Å². The molecule has 2 atom stereocenters. The molecule has 4 nitrogen and oxygen atoms in total. The molecule has 1 N–H and O–H groups in total. The first-order valence-electron chi connectivity index (χ1n) is 7.43. The van der Waals surface area contributed by atoms with Crippen molar-refractivity contribution in [2.75, 3.05) is 7.05 Å². The number of alkyl carbamates (subject to hydrolysis) is 1. The number of thioether (sulfide) groups is 1. The smallest absolute Gasteiger partial charge is 0.407 e. The maximum absolute atomic E-state index is 12.1. The highest BCUT2D eigenvalue weighted by molar-refractivity contribution is 8.02. The van der Waals surface area contributed by atoms with Crippen LogP contribution in [0.2, 0.25) is 0 Å². The van der Waals surface area contributed by atoms with Gasteiger partial charge >= 0.3 is 6.09 Å². The minimum absolute atomic E-state index is 0.0257. The Bertz CT molecular complexity index is 525. The van der Waals surface area contributed by atoms with Gasteiger partial charge in [0.1, 0.15) is 5.60 Å². The largest absolute Gasteiger partial charge is 0.444 e. The Balaban J connectivity index is 2.06. The van der Waals surface area contributed by atoms with Crippen LogP contribution in [0.4, 0.5) is 4.79 Å². The number of ether oxygens (including phenoxy) is 1. The summed E-state index contributed by atoms with van der Waals surface area (Å²) in [5.41, 5.74) is 0.707. The molecule has 120 valence electrons. The maximum atomic E-state index is 12.1. The molecule has 0 fully saturated rings. The highest BCUT2D eigenvalue weighted by Gasteiger charge is 2.30. The molecule has 0 aromatic heterocycles. The van der Waals surface area contributed by atoms with Crippen LogP contribution >= 0.6 is 11.8 Å². The molecule has 0 spiro atoms. The Hall–Kier alpha value is -1.62. The van der Waals surface area contributed by atoms with Crippen molar-refractivity contribution < 1.29 is 9.53 Å². The molecule has 0 aliphatic carbocycles. The van der Waals surface area contributed by atoms with E-state index in [-0.39, 0.29) is 17.5 Å². The lowest BCUT2D eigenvalue weighted by atomic mass is 10.1. The van der Waals surface area contributed by atoms with E-state index in [1.807, 2.05) is 52.2 Å². The van der Waals surface area contributed by atoms with Gasteiger partial charge in [0, 0.05) is 13.2 Å². The molecule has 0 saturated carbocycles. The lowest BCUT2D eigenvalue weighted by Crippen LogP contribution is -2.49. The van der Waals surface area contributed by atoms with Crippen LogP contribution in [0.3, 0.4) is 0 Å². The van der Waals surface area contributed by atoms with Crippen molar-refractivity contribution in [3.8, 4) is 0 Å². The van der Waals surface area contributed by atoms with Crippen LogP contribution < -0.4 is 5.32 Å². The van der Waals surface area contributed by atoms with Crippen molar-refractivity contribution in [3.63, 3.8) is 0 Å². The van der Waals surface area contributed by atoms with E-state index in [1.165, 1.54) is 5.56 Å².